The van der Waals surface area contributed by atoms with Crippen molar-refractivity contribution in [1.82, 2.24) is 0 Å². The quantitative estimate of drug-likeness (QED) is 0.871. The van der Waals surface area contributed by atoms with Gasteiger partial charge in [0.05, 0.1) is 10.5 Å². The maximum absolute atomic E-state index is 12.5. The summed E-state index contributed by atoms with van der Waals surface area (Å²) in [6, 6.07) is -0.167. The lowest BCUT2D eigenvalue weighted by molar-refractivity contribution is -0.0632. The van der Waals surface area contributed by atoms with E-state index in [0.29, 0.717) is 0 Å². The van der Waals surface area contributed by atoms with E-state index in [4.69, 9.17) is 5.73 Å². The van der Waals surface area contributed by atoms with Crippen LogP contribution in [0.15, 0.2) is 0 Å². The van der Waals surface area contributed by atoms with Gasteiger partial charge in [-0.2, -0.15) is 0 Å². The summed E-state index contributed by atoms with van der Waals surface area (Å²) in [5.74, 6) is 2.64. The predicted molar refractivity (Wildman–Crippen MR) is 82.1 cm³/mol. The van der Waals surface area contributed by atoms with Crippen molar-refractivity contribution in [2.75, 3.05) is 5.75 Å². The van der Waals surface area contributed by atoms with Crippen molar-refractivity contribution in [3.05, 3.63) is 0 Å². The lowest BCUT2D eigenvalue weighted by Crippen LogP contribution is -2.57. The van der Waals surface area contributed by atoms with Crippen molar-refractivity contribution < 1.29 is 8.42 Å². The molecule has 0 aliphatic heterocycles. The molecule has 4 saturated carbocycles. The summed E-state index contributed by atoms with van der Waals surface area (Å²) in [6.07, 6.45) is 7.66. The molecule has 2 N–H and O–H groups in total. The molecular weight excluding hydrogens is 270 g/mol. The third-order valence-corrected chi connectivity index (χ3v) is 8.87. The average Bonchev–Trinajstić information content (AvgIpc) is 2.24. The first kappa shape index (κ1) is 14.8. The Bertz CT molecular complexity index is 454. The first-order chi connectivity index (χ1) is 9.11. The lowest BCUT2D eigenvalue weighted by Gasteiger charge is -2.59. The molecule has 4 aliphatic rings. The van der Waals surface area contributed by atoms with Crippen LogP contribution in [0.1, 0.15) is 59.3 Å². The Hall–Kier alpha value is -0.0900. The molecule has 3 nitrogen and oxygen atoms in total. The minimum atomic E-state index is -3.12. The second-order valence-corrected chi connectivity index (χ2v) is 11.6. The summed E-state index contributed by atoms with van der Waals surface area (Å²) in [5.41, 5.74) is 6.61. The third kappa shape index (κ3) is 2.33. The normalized spacial score (nSPS) is 41.9. The molecule has 1 atom stereocenters. The SMILES string of the molecule is CC(C)(C)S(=O)(=O)CC(N)C12CC3CC(CC(C3)C1)C2. The summed E-state index contributed by atoms with van der Waals surface area (Å²) < 4.78 is 24.3. The van der Waals surface area contributed by atoms with Gasteiger partial charge in [-0.3, -0.25) is 0 Å². The molecule has 0 aromatic heterocycles. The fraction of sp³-hybridized carbons (Fsp3) is 1.00. The maximum Gasteiger partial charge on any atom is 0.156 e. The van der Waals surface area contributed by atoms with Gasteiger partial charge in [0.15, 0.2) is 9.84 Å². The molecule has 4 heteroatoms. The summed E-state index contributed by atoms with van der Waals surface area (Å²) in [5, 5.41) is 0. The van der Waals surface area contributed by atoms with Crippen LogP contribution in [0.25, 0.3) is 0 Å². The molecule has 0 saturated heterocycles. The monoisotopic (exact) mass is 299 g/mol. The van der Waals surface area contributed by atoms with E-state index in [1.807, 2.05) is 0 Å². The molecule has 1 unspecified atom stereocenters. The Morgan fingerprint density at radius 2 is 1.45 bits per heavy atom. The van der Waals surface area contributed by atoms with Crippen LogP contribution in [-0.2, 0) is 9.84 Å². The van der Waals surface area contributed by atoms with Crippen molar-refractivity contribution in [3.63, 3.8) is 0 Å². The van der Waals surface area contributed by atoms with Crippen molar-refractivity contribution in [1.29, 1.82) is 0 Å². The van der Waals surface area contributed by atoms with Gasteiger partial charge >= 0.3 is 0 Å². The Kier molecular flexibility index (Phi) is 3.30. The summed E-state index contributed by atoms with van der Waals surface area (Å²) in [4.78, 5) is 0. The zero-order valence-electron chi connectivity index (χ0n) is 13.1. The highest BCUT2D eigenvalue weighted by Gasteiger charge is 2.54. The van der Waals surface area contributed by atoms with Crippen molar-refractivity contribution in [2.45, 2.75) is 70.1 Å². The van der Waals surface area contributed by atoms with E-state index in [0.717, 1.165) is 17.8 Å². The first-order valence-electron chi connectivity index (χ1n) is 8.09. The highest BCUT2D eigenvalue weighted by Crippen LogP contribution is 2.61. The summed E-state index contributed by atoms with van der Waals surface area (Å²) >= 11 is 0. The van der Waals surface area contributed by atoms with Crippen LogP contribution in [0.3, 0.4) is 0 Å². The van der Waals surface area contributed by atoms with Gasteiger partial charge < -0.3 is 5.73 Å². The molecule has 20 heavy (non-hydrogen) atoms. The van der Waals surface area contributed by atoms with Gasteiger partial charge in [-0.1, -0.05) is 0 Å². The van der Waals surface area contributed by atoms with Crippen molar-refractivity contribution in [2.24, 2.45) is 28.9 Å². The van der Waals surface area contributed by atoms with Gasteiger partial charge in [-0.05, 0) is 82.5 Å². The van der Waals surface area contributed by atoms with Gasteiger partial charge in [0, 0.05) is 6.04 Å². The van der Waals surface area contributed by atoms with E-state index in [2.05, 4.69) is 0 Å². The van der Waals surface area contributed by atoms with Crippen molar-refractivity contribution >= 4 is 9.84 Å². The molecule has 116 valence electrons. The zero-order valence-corrected chi connectivity index (χ0v) is 13.9. The molecule has 4 bridgehead atoms. The lowest BCUT2D eigenvalue weighted by atomic mass is 9.48. The smallest absolute Gasteiger partial charge is 0.156 e. The largest absolute Gasteiger partial charge is 0.326 e. The van der Waals surface area contributed by atoms with Crippen LogP contribution in [0.4, 0.5) is 0 Å². The van der Waals surface area contributed by atoms with E-state index < -0.39 is 14.6 Å². The third-order valence-electron chi connectivity index (χ3n) is 6.20. The Labute approximate surface area is 123 Å². The van der Waals surface area contributed by atoms with E-state index >= 15 is 0 Å². The molecule has 0 radical (unpaired) electrons. The standard InChI is InChI=1S/C16H29NO2S/c1-15(2,3)20(18,19)10-14(17)16-7-11-4-12(8-16)6-13(5-11)9-16/h11-14H,4-10,17H2,1-3H3. The van der Waals surface area contributed by atoms with Crippen molar-refractivity contribution in [3.8, 4) is 0 Å². The van der Waals surface area contributed by atoms with E-state index in [-0.39, 0.29) is 17.2 Å². The minimum absolute atomic E-state index is 0.132. The molecule has 0 heterocycles. The predicted octanol–water partition coefficient (Wildman–Crippen LogP) is 2.74. The van der Waals surface area contributed by atoms with Crippen LogP contribution in [0.2, 0.25) is 0 Å². The van der Waals surface area contributed by atoms with Gasteiger partial charge in [0.25, 0.3) is 0 Å². The van der Waals surface area contributed by atoms with E-state index in [9.17, 15) is 8.42 Å². The molecule has 0 aromatic rings. The van der Waals surface area contributed by atoms with Crippen LogP contribution in [0, 0.1) is 23.2 Å². The van der Waals surface area contributed by atoms with Crippen LogP contribution >= 0.6 is 0 Å². The molecule has 4 fully saturated rings. The molecule has 4 rings (SSSR count). The molecular formula is C16H29NO2S. The van der Waals surface area contributed by atoms with Crippen LogP contribution in [-0.4, -0.2) is 25.0 Å². The fourth-order valence-corrected chi connectivity index (χ4v) is 6.62. The number of hydrogen-bond donors (Lipinski definition) is 1. The van der Waals surface area contributed by atoms with Gasteiger partial charge in [-0.15, -0.1) is 0 Å². The van der Waals surface area contributed by atoms with Crippen LogP contribution in [0.5, 0.6) is 0 Å². The number of rotatable bonds is 3. The van der Waals surface area contributed by atoms with Crippen LogP contribution < -0.4 is 5.73 Å². The number of hydrogen-bond acceptors (Lipinski definition) is 3. The number of sulfone groups is 1. The van der Waals surface area contributed by atoms with E-state index in [1.165, 1.54) is 38.5 Å². The number of nitrogens with two attached hydrogens (primary N) is 1. The molecule has 4 aliphatic carbocycles. The Morgan fingerprint density at radius 1 is 1.05 bits per heavy atom. The zero-order chi connectivity index (χ0) is 14.8. The molecule has 0 spiro atoms. The fourth-order valence-electron chi connectivity index (χ4n) is 5.29. The Balaban J connectivity index is 1.79. The Morgan fingerprint density at radius 3 is 1.80 bits per heavy atom. The highest BCUT2D eigenvalue weighted by atomic mass is 32.2. The molecule has 0 aromatic carbocycles. The topological polar surface area (TPSA) is 60.2 Å². The van der Waals surface area contributed by atoms with Gasteiger partial charge in [0.1, 0.15) is 0 Å². The average molecular weight is 299 g/mol. The van der Waals surface area contributed by atoms with Gasteiger partial charge in [-0.25, -0.2) is 8.42 Å². The molecule has 0 amide bonds. The summed E-state index contributed by atoms with van der Waals surface area (Å²) in [7, 11) is -3.12. The second-order valence-electron chi connectivity index (χ2n) is 8.78. The maximum atomic E-state index is 12.5. The highest BCUT2D eigenvalue weighted by molar-refractivity contribution is 7.92. The van der Waals surface area contributed by atoms with Gasteiger partial charge in [0.2, 0.25) is 0 Å². The van der Waals surface area contributed by atoms with E-state index in [1.54, 1.807) is 20.8 Å². The first-order valence-corrected chi connectivity index (χ1v) is 9.74. The second kappa shape index (κ2) is 4.45. The summed E-state index contributed by atoms with van der Waals surface area (Å²) in [6.45, 7) is 5.36. The minimum Gasteiger partial charge on any atom is -0.326 e.